The van der Waals surface area contributed by atoms with Crippen molar-refractivity contribution < 1.29 is 23.7 Å². The zero-order valence-electron chi connectivity index (χ0n) is 25.1. The second-order valence-electron chi connectivity index (χ2n) is 12.3. The van der Waals surface area contributed by atoms with Crippen LogP contribution in [0.4, 0.5) is 0 Å². The van der Waals surface area contributed by atoms with Crippen LogP contribution in [0.1, 0.15) is 38.5 Å². The highest BCUT2D eigenvalue weighted by atomic mass is 31.2. The number of ether oxygens (including phenoxy) is 1. The van der Waals surface area contributed by atoms with E-state index in [1.54, 1.807) is 31.3 Å². The summed E-state index contributed by atoms with van der Waals surface area (Å²) in [6, 6.07) is 41.3. The lowest BCUT2D eigenvalue weighted by Gasteiger charge is -2.53. The van der Waals surface area contributed by atoms with E-state index in [1.165, 1.54) is 4.90 Å². The third-order valence-corrected chi connectivity index (χ3v) is 13.2. The van der Waals surface area contributed by atoms with Crippen LogP contribution in [0.15, 0.2) is 133 Å². The van der Waals surface area contributed by atoms with E-state index in [4.69, 9.17) is 4.74 Å². The zero-order valence-corrected chi connectivity index (χ0v) is 26.0. The molecule has 1 saturated heterocycles. The van der Waals surface area contributed by atoms with E-state index in [0.717, 1.165) is 22.3 Å². The molecule has 0 saturated carbocycles. The Balaban J connectivity index is 1.17. The Bertz CT molecular complexity index is 1980. The van der Waals surface area contributed by atoms with Gasteiger partial charge in [0.2, 0.25) is 11.8 Å². The molecule has 1 fully saturated rings. The lowest BCUT2D eigenvalue weighted by Crippen LogP contribution is -2.56. The van der Waals surface area contributed by atoms with E-state index in [-0.39, 0.29) is 24.3 Å². The molecule has 1 aliphatic heterocycles. The SMILES string of the molecule is CN1C(=O)C2C3c4ccccc4C(COC(=O)c4ccc(P(=O)(c5ccccc5)c5ccccc5)cc4)(c4ccccc43)C2C1=O. The quantitative estimate of drug-likeness (QED) is 0.148. The third-order valence-electron chi connectivity index (χ3n) is 10.2. The molecule has 5 aromatic carbocycles. The van der Waals surface area contributed by atoms with Crippen LogP contribution >= 0.6 is 7.14 Å². The molecular weight excluding hydrogens is 593 g/mol. The summed E-state index contributed by atoms with van der Waals surface area (Å²) < 4.78 is 20.9. The van der Waals surface area contributed by atoms with Gasteiger partial charge in [-0.15, -0.1) is 0 Å². The molecule has 0 N–H and O–H groups in total. The number of benzene rings is 5. The summed E-state index contributed by atoms with van der Waals surface area (Å²) in [6.45, 7) is -0.102. The van der Waals surface area contributed by atoms with Gasteiger partial charge in [0.1, 0.15) is 6.61 Å². The first-order valence-electron chi connectivity index (χ1n) is 15.4. The number of likely N-dealkylation sites (tertiary alicyclic amines) is 1. The van der Waals surface area contributed by atoms with Crippen LogP contribution in [0, 0.1) is 11.8 Å². The second-order valence-corrected chi connectivity index (χ2v) is 15.0. The topological polar surface area (TPSA) is 80.8 Å². The van der Waals surface area contributed by atoms with Crippen molar-refractivity contribution in [2.45, 2.75) is 11.3 Å². The number of hydrogen-bond donors (Lipinski definition) is 0. The van der Waals surface area contributed by atoms with Crippen molar-refractivity contribution in [3.8, 4) is 0 Å². The molecule has 0 spiro atoms. The van der Waals surface area contributed by atoms with Crippen molar-refractivity contribution in [1.29, 1.82) is 0 Å². The van der Waals surface area contributed by atoms with Crippen molar-refractivity contribution in [3.63, 3.8) is 0 Å². The van der Waals surface area contributed by atoms with E-state index < -0.39 is 30.4 Å². The third kappa shape index (κ3) is 3.83. The molecule has 2 unspecified atom stereocenters. The molecule has 2 bridgehead atoms. The Morgan fingerprint density at radius 2 is 1.15 bits per heavy atom. The van der Waals surface area contributed by atoms with Gasteiger partial charge in [0.15, 0.2) is 7.14 Å². The average Bonchev–Trinajstić information content (AvgIpc) is 3.35. The van der Waals surface area contributed by atoms with Crippen LogP contribution in [0.3, 0.4) is 0 Å². The normalized spacial score (nSPS) is 22.6. The van der Waals surface area contributed by atoms with Gasteiger partial charge >= 0.3 is 5.97 Å². The molecule has 0 aromatic heterocycles. The first kappa shape index (κ1) is 28.4. The second kappa shape index (κ2) is 10.5. The molecule has 1 heterocycles. The fraction of sp³-hybridized carbons (Fsp3) is 0.154. The summed E-state index contributed by atoms with van der Waals surface area (Å²) in [6.07, 6.45) is 0. The number of esters is 1. The number of amides is 2. The molecule has 9 rings (SSSR count). The summed E-state index contributed by atoms with van der Waals surface area (Å²) in [7, 11) is -1.66. The van der Waals surface area contributed by atoms with Crippen molar-refractivity contribution in [3.05, 3.63) is 161 Å². The van der Waals surface area contributed by atoms with Gasteiger partial charge in [0.05, 0.1) is 22.8 Å². The summed E-state index contributed by atoms with van der Waals surface area (Å²) in [5, 5.41) is 2.02. The van der Waals surface area contributed by atoms with Gasteiger partial charge in [0.25, 0.3) is 0 Å². The minimum Gasteiger partial charge on any atom is -0.461 e. The highest BCUT2D eigenvalue weighted by Gasteiger charge is 2.68. The van der Waals surface area contributed by atoms with E-state index in [2.05, 4.69) is 0 Å². The van der Waals surface area contributed by atoms with E-state index in [0.29, 0.717) is 21.5 Å². The van der Waals surface area contributed by atoms with Crippen LogP contribution in [-0.2, 0) is 24.3 Å². The predicted molar refractivity (Wildman–Crippen MR) is 176 cm³/mol. The van der Waals surface area contributed by atoms with Crippen molar-refractivity contribution in [1.82, 2.24) is 4.90 Å². The Kier molecular flexibility index (Phi) is 6.49. The molecule has 5 aromatic rings. The fourth-order valence-corrected chi connectivity index (χ4v) is 10.8. The maximum Gasteiger partial charge on any atom is 0.338 e. The van der Waals surface area contributed by atoms with Gasteiger partial charge in [0, 0.05) is 28.9 Å². The molecule has 226 valence electrons. The van der Waals surface area contributed by atoms with Gasteiger partial charge < -0.3 is 9.30 Å². The van der Waals surface area contributed by atoms with E-state index in [1.807, 2.05) is 109 Å². The Morgan fingerprint density at radius 3 is 1.70 bits per heavy atom. The summed E-state index contributed by atoms with van der Waals surface area (Å²) >= 11 is 0. The highest BCUT2D eigenvalue weighted by molar-refractivity contribution is 7.85. The molecule has 0 radical (unpaired) electrons. The molecular formula is C39H30NO5P. The summed E-state index contributed by atoms with van der Waals surface area (Å²) in [5.74, 6) is -2.49. The molecule has 46 heavy (non-hydrogen) atoms. The molecule has 3 aliphatic carbocycles. The number of imide groups is 1. The average molecular weight is 624 g/mol. The van der Waals surface area contributed by atoms with Crippen molar-refractivity contribution in [2.75, 3.05) is 13.7 Å². The number of rotatable bonds is 6. The summed E-state index contributed by atoms with van der Waals surface area (Å²) in [5.41, 5.74) is 3.13. The first-order chi connectivity index (χ1) is 22.4. The molecule has 7 heteroatoms. The maximum absolute atomic E-state index is 14.8. The van der Waals surface area contributed by atoms with Crippen LogP contribution in [-0.4, -0.2) is 36.3 Å². The molecule has 2 atom stereocenters. The first-order valence-corrected chi connectivity index (χ1v) is 17.1. The van der Waals surface area contributed by atoms with E-state index in [9.17, 15) is 18.9 Å². The van der Waals surface area contributed by atoms with Crippen LogP contribution in [0.5, 0.6) is 0 Å². The van der Waals surface area contributed by atoms with Gasteiger partial charge in [-0.1, -0.05) is 121 Å². The largest absolute Gasteiger partial charge is 0.461 e. The van der Waals surface area contributed by atoms with E-state index >= 15 is 0 Å². The van der Waals surface area contributed by atoms with Crippen LogP contribution in [0.25, 0.3) is 0 Å². The summed E-state index contributed by atoms with van der Waals surface area (Å²) in [4.78, 5) is 42.3. The number of hydrogen-bond acceptors (Lipinski definition) is 5. The lowest BCUT2D eigenvalue weighted by atomic mass is 9.47. The zero-order chi connectivity index (χ0) is 31.6. The Morgan fingerprint density at radius 1 is 0.674 bits per heavy atom. The van der Waals surface area contributed by atoms with Gasteiger partial charge in [-0.3, -0.25) is 14.5 Å². The standard InChI is InChI=1S/C39H30NO5P/c1-40-36(41)34-33-29-16-8-10-18-31(29)39(35(34)37(40)42,32-19-11-9-17-30(32)33)24-45-38(43)25-20-22-28(23-21-25)46(44,26-12-4-2-5-13-26)27-14-6-3-7-15-27/h2-23,33-35H,24H2,1H3. The minimum atomic E-state index is -3.20. The predicted octanol–water partition coefficient (Wildman–Crippen LogP) is 5.16. The number of nitrogens with zero attached hydrogens (tertiary/aromatic N) is 1. The monoisotopic (exact) mass is 623 g/mol. The van der Waals surface area contributed by atoms with Gasteiger partial charge in [-0.2, -0.15) is 0 Å². The number of carbonyl (C=O) groups is 3. The molecule has 2 amide bonds. The lowest BCUT2D eigenvalue weighted by molar-refractivity contribution is -0.138. The maximum atomic E-state index is 14.8. The Labute approximate surface area is 267 Å². The van der Waals surface area contributed by atoms with Crippen LogP contribution < -0.4 is 15.9 Å². The van der Waals surface area contributed by atoms with Gasteiger partial charge in [-0.05, 0) is 34.4 Å². The molecule has 4 aliphatic rings. The fourth-order valence-electron chi connectivity index (χ4n) is 8.11. The van der Waals surface area contributed by atoms with Gasteiger partial charge in [-0.25, -0.2) is 4.79 Å². The van der Waals surface area contributed by atoms with Crippen molar-refractivity contribution in [2.24, 2.45) is 11.8 Å². The highest BCUT2D eigenvalue weighted by Crippen LogP contribution is 2.64. The van der Waals surface area contributed by atoms with Crippen LogP contribution in [0.2, 0.25) is 0 Å². The van der Waals surface area contributed by atoms with Crippen molar-refractivity contribution >= 4 is 40.8 Å². The minimum absolute atomic E-state index is 0.102. The number of carbonyl (C=O) groups excluding carboxylic acids is 3. The smallest absolute Gasteiger partial charge is 0.338 e. The molecule has 6 nitrogen and oxygen atoms in total. The Hall–Kier alpha value is -5.06.